The van der Waals surface area contributed by atoms with E-state index in [4.69, 9.17) is 5.73 Å². The Kier molecular flexibility index (Phi) is 6.69. The Labute approximate surface area is 99.0 Å². The highest BCUT2D eigenvalue weighted by atomic mass is 32.2. The zero-order chi connectivity index (χ0) is 11.1. The van der Waals surface area contributed by atoms with E-state index in [1.54, 1.807) is 0 Å². The number of likely N-dealkylation sites (N-methyl/N-ethyl adjacent to an activating group) is 1. The lowest BCUT2D eigenvalue weighted by atomic mass is 9.83. The van der Waals surface area contributed by atoms with Crippen LogP contribution in [0.4, 0.5) is 0 Å². The molecule has 1 aliphatic carbocycles. The van der Waals surface area contributed by atoms with E-state index in [1.165, 1.54) is 44.4 Å². The van der Waals surface area contributed by atoms with Crippen molar-refractivity contribution in [3.63, 3.8) is 0 Å². The average molecular weight is 230 g/mol. The molecule has 0 aromatic rings. The fraction of sp³-hybridized carbons (Fsp3) is 1.00. The van der Waals surface area contributed by atoms with Gasteiger partial charge in [-0.15, -0.1) is 0 Å². The van der Waals surface area contributed by atoms with Gasteiger partial charge in [-0.3, -0.25) is 0 Å². The average Bonchev–Trinajstić information content (AvgIpc) is 2.29. The van der Waals surface area contributed by atoms with Crippen LogP contribution >= 0.6 is 11.8 Å². The quantitative estimate of drug-likeness (QED) is 0.758. The van der Waals surface area contributed by atoms with Crippen molar-refractivity contribution in [3.8, 4) is 0 Å². The van der Waals surface area contributed by atoms with Gasteiger partial charge in [-0.2, -0.15) is 11.8 Å². The molecule has 0 saturated heterocycles. The Morgan fingerprint density at radius 3 is 2.53 bits per heavy atom. The second-order valence-electron chi connectivity index (χ2n) is 4.67. The lowest BCUT2D eigenvalue weighted by Gasteiger charge is -2.36. The van der Waals surface area contributed by atoms with E-state index < -0.39 is 0 Å². The van der Waals surface area contributed by atoms with E-state index in [-0.39, 0.29) is 0 Å². The number of hydrogen-bond donors (Lipinski definition) is 1. The van der Waals surface area contributed by atoms with Crippen molar-refractivity contribution < 1.29 is 0 Å². The van der Waals surface area contributed by atoms with Crippen molar-refractivity contribution in [2.24, 2.45) is 11.7 Å². The lowest BCUT2D eigenvalue weighted by molar-refractivity contribution is 0.156. The van der Waals surface area contributed by atoms with Crippen molar-refractivity contribution in [3.05, 3.63) is 0 Å². The Hall–Kier alpha value is 0.270. The van der Waals surface area contributed by atoms with E-state index in [0.717, 1.165) is 12.5 Å². The molecule has 90 valence electrons. The maximum Gasteiger partial charge on any atom is 0.0243 e. The third-order valence-electron chi connectivity index (χ3n) is 3.65. The fourth-order valence-electron chi connectivity index (χ4n) is 2.65. The van der Waals surface area contributed by atoms with Crippen LogP contribution in [0.25, 0.3) is 0 Å². The maximum absolute atomic E-state index is 5.93. The topological polar surface area (TPSA) is 29.3 Å². The fourth-order valence-corrected chi connectivity index (χ4v) is 3.12. The van der Waals surface area contributed by atoms with Crippen molar-refractivity contribution >= 4 is 11.8 Å². The van der Waals surface area contributed by atoms with Gasteiger partial charge in [0.1, 0.15) is 0 Å². The highest BCUT2D eigenvalue weighted by Gasteiger charge is 2.25. The molecule has 0 aromatic carbocycles. The van der Waals surface area contributed by atoms with E-state index in [9.17, 15) is 0 Å². The van der Waals surface area contributed by atoms with E-state index >= 15 is 0 Å². The van der Waals surface area contributed by atoms with Crippen molar-refractivity contribution in [2.45, 2.75) is 38.1 Å². The molecule has 1 aliphatic rings. The molecule has 1 fully saturated rings. The molecule has 0 bridgehead atoms. The molecule has 3 heteroatoms. The molecule has 0 heterocycles. The number of nitrogens with zero attached hydrogens (tertiary/aromatic N) is 1. The highest BCUT2D eigenvalue weighted by molar-refractivity contribution is 7.98. The minimum Gasteiger partial charge on any atom is -0.329 e. The van der Waals surface area contributed by atoms with Gasteiger partial charge in [0.05, 0.1) is 0 Å². The first-order valence-corrected chi connectivity index (χ1v) is 7.58. The normalized spacial score (nSPS) is 20.8. The molecular formula is C12H26N2S. The van der Waals surface area contributed by atoms with Crippen LogP contribution < -0.4 is 5.73 Å². The number of hydrogen-bond acceptors (Lipinski definition) is 3. The molecule has 1 atom stereocenters. The summed E-state index contributed by atoms with van der Waals surface area (Å²) in [5.41, 5.74) is 5.93. The van der Waals surface area contributed by atoms with Gasteiger partial charge in [-0.25, -0.2) is 0 Å². The third kappa shape index (κ3) is 4.33. The Morgan fingerprint density at radius 2 is 2.00 bits per heavy atom. The summed E-state index contributed by atoms with van der Waals surface area (Å²) in [5, 5.41) is 0. The summed E-state index contributed by atoms with van der Waals surface area (Å²) in [5.74, 6) is 2.08. The van der Waals surface area contributed by atoms with Crippen LogP contribution in [-0.4, -0.2) is 43.1 Å². The minimum atomic E-state index is 0.623. The first kappa shape index (κ1) is 13.3. The van der Waals surface area contributed by atoms with Crippen LogP contribution in [0, 0.1) is 5.92 Å². The van der Waals surface area contributed by atoms with Gasteiger partial charge >= 0.3 is 0 Å². The summed E-state index contributed by atoms with van der Waals surface area (Å²) < 4.78 is 0. The maximum atomic E-state index is 5.93. The van der Waals surface area contributed by atoms with Crippen LogP contribution in [0.2, 0.25) is 0 Å². The molecule has 15 heavy (non-hydrogen) atoms. The van der Waals surface area contributed by atoms with Gasteiger partial charge in [0.2, 0.25) is 0 Å². The summed E-state index contributed by atoms with van der Waals surface area (Å²) in [6, 6.07) is 0.623. The third-order valence-corrected chi connectivity index (χ3v) is 4.24. The summed E-state index contributed by atoms with van der Waals surface area (Å²) in [4.78, 5) is 2.48. The Bertz CT molecular complexity index is 158. The van der Waals surface area contributed by atoms with Gasteiger partial charge in [0, 0.05) is 24.9 Å². The molecule has 0 aromatic heterocycles. The molecule has 1 unspecified atom stereocenters. The predicted molar refractivity (Wildman–Crippen MR) is 70.4 cm³/mol. The zero-order valence-corrected chi connectivity index (χ0v) is 11.1. The summed E-state index contributed by atoms with van der Waals surface area (Å²) in [7, 11) is 2.24. The minimum absolute atomic E-state index is 0.623. The highest BCUT2D eigenvalue weighted by Crippen LogP contribution is 2.28. The second-order valence-corrected chi connectivity index (χ2v) is 5.66. The van der Waals surface area contributed by atoms with Crippen molar-refractivity contribution in [1.82, 2.24) is 4.90 Å². The predicted octanol–water partition coefficient (Wildman–Crippen LogP) is 2.19. The molecule has 1 saturated carbocycles. The summed E-state index contributed by atoms with van der Waals surface area (Å²) in [6.45, 7) is 2.01. The molecule has 0 aliphatic heterocycles. The molecule has 0 radical (unpaired) electrons. The molecule has 0 amide bonds. The standard InChI is InChI=1S/C12H26N2S/c1-14(8-9-15-2)12(10-13)11-6-4-3-5-7-11/h11-12H,3-10,13H2,1-2H3. The summed E-state index contributed by atoms with van der Waals surface area (Å²) in [6.07, 6.45) is 9.22. The van der Waals surface area contributed by atoms with Crippen LogP contribution in [0.1, 0.15) is 32.1 Å². The molecular weight excluding hydrogens is 204 g/mol. The summed E-state index contributed by atoms with van der Waals surface area (Å²) >= 11 is 1.92. The van der Waals surface area contributed by atoms with Gasteiger partial charge in [-0.1, -0.05) is 19.3 Å². The van der Waals surface area contributed by atoms with E-state index in [1.807, 2.05) is 11.8 Å². The van der Waals surface area contributed by atoms with Crippen LogP contribution in [0.3, 0.4) is 0 Å². The largest absolute Gasteiger partial charge is 0.329 e. The first-order valence-electron chi connectivity index (χ1n) is 6.18. The van der Waals surface area contributed by atoms with E-state index in [2.05, 4.69) is 18.2 Å². The van der Waals surface area contributed by atoms with Crippen molar-refractivity contribution in [2.75, 3.05) is 32.1 Å². The number of thioether (sulfide) groups is 1. The lowest BCUT2D eigenvalue weighted by Crippen LogP contribution is -2.45. The van der Waals surface area contributed by atoms with Crippen LogP contribution in [0.5, 0.6) is 0 Å². The molecule has 2 N–H and O–H groups in total. The van der Waals surface area contributed by atoms with Gasteiger partial charge in [0.15, 0.2) is 0 Å². The van der Waals surface area contributed by atoms with Crippen LogP contribution in [0.15, 0.2) is 0 Å². The van der Waals surface area contributed by atoms with Crippen LogP contribution in [-0.2, 0) is 0 Å². The SMILES string of the molecule is CSCCN(C)C(CN)C1CCCCC1. The van der Waals surface area contributed by atoms with E-state index in [0.29, 0.717) is 6.04 Å². The molecule has 0 spiro atoms. The molecule has 1 rings (SSSR count). The number of nitrogens with two attached hydrogens (primary N) is 1. The second kappa shape index (κ2) is 7.53. The number of rotatable bonds is 6. The van der Waals surface area contributed by atoms with Crippen molar-refractivity contribution in [1.29, 1.82) is 0 Å². The zero-order valence-electron chi connectivity index (χ0n) is 10.2. The van der Waals surface area contributed by atoms with Gasteiger partial charge in [0.25, 0.3) is 0 Å². The molecule has 2 nitrogen and oxygen atoms in total. The first-order chi connectivity index (χ1) is 7.29. The Balaban J connectivity index is 2.37. The Morgan fingerprint density at radius 1 is 1.33 bits per heavy atom. The monoisotopic (exact) mass is 230 g/mol. The smallest absolute Gasteiger partial charge is 0.0243 e. The van der Waals surface area contributed by atoms with Gasteiger partial charge in [-0.05, 0) is 32.1 Å². The van der Waals surface area contributed by atoms with Gasteiger partial charge < -0.3 is 10.6 Å².